The Morgan fingerprint density at radius 3 is 2.50 bits per heavy atom. The molecule has 0 atom stereocenters. The van der Waals surface area contributed by atoms with E-state index in [1.54, 1.807) is 0 Å². The van der Waals surface area contributed by atoms with Crippen LogP contribution in [0.2, 0.25) is 0 Å². The first kappa shape index (κ1) is 16.0. The lowest BCUT2D eigenvalue weighted by molar-refractivity contribution is 0.103. The molecule has 126 valence electrons. The Kier molecular flexibility index (Phi) is 4.20. The van der Waals surface area contributed by atoms with Crippen LogP contribution in [-0.4, -0.2) is 16.0 Å². The van der Waals surface area contributed by atoms with Crippen LogP contribution in [0.3, 0.4) is 0 Å². The minimum Gasteiger partial charge on any atom is -0.289 e. The van der Waals surface area contributed by atoms with Crippen LogP contribution in [-0.2, 0) is 0 Å². The Bertz CT molecular complexity index is 1110. The number of benzene rings is 3. The van der Waals surface area contributed by atoms with Crippen LogP contribution in [0.4, 0.5) is 0 Å². The van der Waals surface area contributed by atoms with Gasteiger partial charge in [0.05, 0.1) is 11.2 Å². The zero-order valence-electron chi connectivity index (χ0n) is 14.4. The van der Waals surface area contributed by atoms with Crippen molar-refractivity contribution < 1.29 is 4.79 Å². The van der Waals surface area contributed by atoms with E-state index in [1.807, 2.05) is 91.9 Å². The minimum atomic E-state index is 0.0200. The molecule has 0 radical (unpaired) electrons. The van der Waals surface area contributed by atoms with E-state index < -0.39 is 0 Å². The maximum atomic E-state index is 12.7. The maximum Gasteiger partial charge on any atom is 0.193 e. The number of hydrogen-bond donors (Lipinski definition) is 1. The highest BCUT2D eigenvalue weighted by atomic mass is 16.1. The molecule has 0 spiro atoms. The van der Waals surface area contributed by atoms with Gasteiger partial charge in [-0.2, -0.15) is 5.10 Å². The van der Waals surface area contributed by atoms with Crippen LogP contribution < -0.4 is 0 Å². The molecule has 0 fully saturated rings. The second-order valence-electron chi connectivity index (χ2n) is 6.31. The number of nitrogens with one attached hydrogen (secondary N) is 1. The van der Waals surface area contributed by atoms with Crippen LogP contribution in [0.15, 0.2) is 72.8 Å². The molecule has 3 nitrogen and oxygen atoms in total. The smallest absolute Gasteiger partial charge is 0.193 e. The second-order valence-corrected chi connectivity index (χ2v) is 6.31. The van der Waals surface area contributed by atoms with Crippen molar-refractivity contribution in [1.82, 2.24) is 10.2 Å². The van der Waals surface area contributed by atoms with Crippen LogP contribution >= 0.6 is 0 Å². The van der Waals surface area contributed by atoms with Crippen LogP contribution in [0.1, 0.15) is 32.7 Å². The van der Waals surface area contributed by atoms with Crippen molar-refractivity contribution in [3.63, 3.8) is 0 Å². The lowest BCUT2D eigenvalue weighted by atomic mass is 10.0. The molecule has 3 heteroatoms. The van der Waals surface area contributed by atoms with Crippen LogP contribution in [0.25, 0.3) is 23.1 Å². The van der Waals surface area contributed by atoms with Gasteiger partial charge in [-0.1, -0.05) is 66.2 Å². The Balaban J connectivity index is 1.65. The molecule has 0 bridgehead atoms. The van der Waals surface area contributed by atoms with E-state index in [4.69, 9.17) is 0 Å². The maximum absolute atomic E-state index is 12.7. The fraction of sp³-hybridized carbons (Fsp3) is 0.0435. The number of aromatic nitrogens is 2. The van der Waals surface area contributed by atoms with E-state index in [1.165, 1.54) is 0 Å². The third-order valence-electron chi connectivity index (χ3n) is 4.37. The first-order valence-corrected chi connectivity index (χ1v) is 8.53. The number of rotatable bonds is 4. The van der Waals surface area contributed by atoms with E-state index in [-0.39, 0.29) is 5.78 Å². The monoisotopic (exact) mass is 338 g/mol. The average molecular weight is 338 g/mol. The SMILES string of the molecule is Cc1cccc(C(=O)c2ccc3c(/C=C/c4ccccc4)n[nH]c3c2)c1. The normalized spacial score (nSPS) is 11.3. The molecule has 0 saturated heterocycles. The van der Waals surface area contributed by atoms with Crippen molar-refractivity contribution in [2.45, 2.75) is 6.92 Å². The predicted molar refractivity (Wildman–Crippen MR) is 106 cm³/mol. The van der Waals surface area contributed by atoms with Gasteiger partial charge in [-0.05, 0) is 36.8 Å². The van der Waals surface area contributed by atoms with Gasteiger partial charge in [0.25, 0.3) is 0 Å². The highest BCUT2D eigenvalue weighted by Crippen LogP contribution is 2.21. The number of fused-ring (bicyclic) bond motifs is 1. The fourth-order valence-electron chi connectivity index (χ4n) is 3.00. The van der Waals surface area contributed by atoms with E-state index in [0.29, 0.717) is 11.1 Å². The highest BCUT2D eigenvalue weighted by Gasteiger charge is 2.11. The molecular weight excluding hydrogens is 320 g/mol. The zero-order chi connectivity index (χ0) is 17.9. The van der Waals surface area contributed by atoms with Crippen molar-refractivity contribution in [2.75, 3.05) is 0 Å². The number of aromatic amines is 1. The summed E-state index contributed by atoms with van der Waals surface area (Å²) in [6.45, 7) is 1.99. The van der Waals surface area contributed by atoms with E-state index >= 15 is 0 Å². The number of carbonyl (C=O) groups is 1. The van der Waals surface area contributed by atoms with Gasteiger partial charge in [-0.15, -0.1) is 0 Å². The number of aryl methyl sites for hydroxylation is 1. The molecule has 0 aliphatic rings. The molecule has 1 heterocycles. The summed E-state index contributed by atoms with van der Waals surface area (Å²) in [4.78, 5) is 12.7. The summed E-state index contributed by atoms with van der Waals surface area (Å²) in [6.07, 6.45) is 4.01. The number of ketones is 1. The molecule has 26 heavy (non-hydrogen) atoms. The van der Waals surface area contributed by atoms with Gasteiger partial charge in [0, 0.05) is 16.5 Å². The Hall–Kier alpha value is -3.46. The third kappa shape index (κ3) is 3.20. The van der Waals surface area contributed by atoms with Crippen molar-refractivity contribution in [3.05, 3.63) is 101 Å². The fourth-order valence-corrected chi connectivity index (χ4v) is 3.00. The first-order chi connectivity index (χ1) is 12.7. The molecule has 0 aliphatic carbocycles. The number of nitrogens with zero attached hydrogens (tertiary/aromatic N) is 1. The summed E-state index contributed by atoms with van der Waals surface area (Å²) >= 11 is 0. The molecule has 0 unspecified atom stereocenters. The minimum absolute atomic E-state index is 0.0200. The quantitative estimate of drug-likeness (QED) is 0.515. The van der Waals surface area contributed by atoms with Crippen molar-refractivity contribution >= 4 is 28.8 Å². The summed E-state index contributed by atoms with van der Waals surface area (Å²) in [7, 11) is 0. The standard InChI is InChI=1S/C23H18N2O/c1-16-6-5-9-18(14-16)23(26)19-11-12-20-21(24-25-22(20)15-19)13-10-17-7-3-2-4-8-17/h2-15H,1H3,(H,24,25)/b13-10+. The van der Waals surface area contributed by atoms with Crippen LogP contribution in [0, 0.1) is 6.92 Å². The predicted octanol–water partition coefficient (Wildman–Crippen LogP) is 5.27. The van der Waals surface area contributed by atoms with Gasteiger partial charge in [0.1, 0.15) is 0 Å². The summed E-state index contributed by atoms with van der Waals surface area (Å²) < 4.78 is 0. The number of carbonyl (C=O) groups excluding carboxylic acids is 1. The third-order valence-corrected chi connectivity index (χ3v) is 4.37. The van der Waals surface area contributed by atoms with E-state index in [9.17, 15) is 4.79 Å². The Labute approximate surface area is 152 Å². The summed E-state index contributed by atoms with van der Waals surface area (Å²) in [5.74, 6) is 0.0200. The highest BCUT2D eigenvalue weighted by molar-refractivity contribution is 6.10. The van der Waals surface area contributed by atoms with Gasteiger partial charge in [0.15, 0.2) is 5.78 Å². The second kappa shape index (κ2) is 6.81. The first-order valence-electron chi connectivity index (χ1n) is 8.53. The molecule has 0 aliphatic heterocycles. The molecule has 0 saturated carbocycles. The van der Waals surface area contributed by atoms with Crippen molar-refractivity contribution in [3.8, 4) is 0 Å². The molecular formula is C23H18N2O. The molecule has 1 aromatic heterocycles. The lowest BCUT2D eigenvalue weighted by Crippen LogP contribution is -2.01. The number of H-pyrrole nitrogens is 1. The van der Waals surface area contributed by atoms with Crippen molar-refractivity contribution in [1.29, 1.82) is 0 Å². The van der Waals surface area contributed by atoms with Crippen LogP contribution in [0.5, 0.6) is 0 Å². The zero-order valence-corrected chi connectivity index (χ0v) is 14.4. The molecule has 3 aromatic carbocycles. The Morgan fingerprint density at radius 1 is 0.885 bits per heavy atom. The molecule has 1 N–H and O–H groups in total. The molecule has 4 aromatic rings. The number of hydrogen-bond acceptors (Lipinski definition) is 2. The van der Waals surface area contributed by atoms with Crippen molar-refractivity contribution in [2.24, 2.45) is 0 Å². The topological polar surface area (TPSA) is 45.8 Å². The van der Waals surface area contributed by atoms with Gasteiger partial charge in [-0.3, -0.25) is 9.89 Å². The average Bonchev–Trinajstić information content (AvgIpc) is 3.09. The molecule has 4 rings (SSSR count). The largest absolute Gasteiger partial charge is 0.289 e. The van der Waals surface area contributed by atoms with Gasteiger partial charge >= 0.3 is 0 Å². The van der Waals surface area contributed by atoms with Gasteiger partial charge in [0.2, 0.25) is 0 Å². The summed E-state index contributed by atoms with van der Waals surface area (Å²) in [5, 5.41) is 8.40. The van der Waals surface area contributed by atoms with Gasteiger partial charge in [-0.25, -0.2) is 0 Å². The van der Waals surface area contributed by atoms with E-state index in [0.717, 1.165) is 27.7 Å². The summed E-state index contributed by atoms with van der Waals surface area (Å²) in [6, 6.07) is 23.4. The lowest BCUT2D eigenvalue weighted by Gasteiger charge is -2.03. The Morgan fingerprint density at radius 2 is 1.69 bits per heavy atom. The van der Waals surface area contributed by atoms with E-state index in [2.05, 4.69) is 10.2 Å². The van der Waals surface area contributed by atoms with Gasteiger partial charge < -0.3 is 0 Å². The molecule has 0 amide bonds. The summed E-state index contributed by atoms with van der Waals surface area (Å²) in [5.41, 5.74) is 5.27.